The van der Waals surface area contributed by atoms with Gasteiger partial charge in [-0.05, 0) is 77.0 Å². The first-order valence-electron chi connectivity index (χ1n) is 34.6. The molecule has 0 aliphatic carbocycles. The minimum atomic E-state index is -0.779. The number of ether oxygens (including phenoxy) is 3. The van der Waals surface area contributed by atoms with Crippen molar-refractivity contribution in [3.63, 3.8) is 0 Å². The average molecular weight is 1120 g/mol. The zero-order chi connectivity index (χ0) is 57.8. The van der Waals surface area contributed by atoms with Crippen molar-refractivity contribution in [3.05, 3.63) is 85.1 Å². The molecule has 0 spiro atoms. The van der Waals surface area contributed by atoms with Gasteiger partial charge in [-0.15, -0.1) is 0 Å². The molecule has 0 radical (unpaired) electrons. The third-order valence-corrected chi connectivity index (χ3v) is 15.2. The maximum Gasteiger partial charge on any atom is 0.306 e. The molecule has 6 heteroatoms. The van der Waals surface area contributed by atoms with Gasteiger partial charge in [-0.2, -0.15) is 0 Å². The number of hydrogen-bond acceptors (Lipinski definition) is 6. The fourth-order valence-electron chi connectivity index (χ4n) is 10.0. The molecule has 1 unspecified atom stereocenters. The topological polar surface area (TPSA) is 78.9 Å². The molecule has 0 heterocycles. The Morgan fingerprint density at radius 1 is 0.263 bits per heavy atom. The minimum Gasteiger partial charge on any atom is -0.462 e. The van der Waals surface area contributed by atoms with E-state index < -0.39 is 6.10 Å². The fraction of sp³-hybridized carbons (Fsp3) is 0.770. The van der Waals surface area contributed by atoms with E-state index in [2.05, 4.69) is 106 Å². The van der Waals surface area contributed by atoms with Crippen LogP contribution >= 0.6 is 0 Å². The minimum absolute atomic E-state index is 0.0751. The number of carbonyl (C=O) groups excluding carboxylic acids is 3. The zero-order valence-electron chi connectivity index (χ0n) is 53.1. The first-order valence-corrected chi connectivity index (χ1v) is 34.6. The lowest BCUT2D eigenvalue weighted by atomic mass is 10.0. The number of unbranched alkanes of at least 4 members (excludes halogenated alkanes) is 38. The van der Waals surface area contributed by atoms with Crippen LogP contribution in [0, 0.1) is 0 Å². The molecule has 0 amide bonds. The molecule has 0 aliphatic rings. The van der Waals surface area contributed by atoms with Gasteiger partial charge in [0.25, 0.3) is 0 Å². The fourth-order valence-corrected chi connectivity index (χ4v) is 10.0. The Kier molecular flexibility index (Phi) is 65.2. The molecule has 0 aromatic carbocycles. The van der Waals surface area contributed by atoms with Crippen molar-refractivity contribution in [2.45, 2.75) is 354 Å². The van der Waals surface area contributed by atoms with Gasteiger partial charge in [0.2, 0.25) is 0 Å². The smallest absolute Gasteiger partial charge is 0.306 e. The predicted octanol–water partition coefficient (Wildman–Crippen LogP) is 23.8. The molecule has 0 aromatic rings. The highest BCUT2D eigenvalue weighted by Crippen LogP contribution is 2.18. The summed E-state index contributed by atoms with van der Waals surface area (Å²) in [5.74, 6) is -0.870. The van der Waals surface area contributed by atoms with Gasteiger partial charge in [-0.3, -0.25) is 14.4 Å². The van der Waals surface area contributed by atoms with Crippen molar-refractivity contribution in [3.8, 4) is 0 Å². The van der Waals surface area contributed by atoms with E-state index in [1.807, 2.05) is 0 Å². The SMILES string of the molecule is CC/C=C\C/C=C\C/C=C\C/C=C\C/C=C\C/C=C\C/C=C\CCCCCCCCCC(=O)OCC(COC(=O)CCCCCCCCCCCC)OC(=O)CCCCCCCCCCCCCCCCCCCCCCCCC. The van der Waals surface area contributed by atoms with Gasteiger partial charge in [-0.25, -0.2) is 0 Å². The Hall–Kier alpha value is -3.41. The molecule has 0 saturated carbocycles. The lowest BCUT2D eigenvalue weighted by Crippen LogP contribution is -2.30. The summed E-state index contributed by atoms with van der Waals surface area (Å²) in [6.07, 6.45) is 90.4. The summed E-state index contributed by atoms with van der Waals surface area (Å²) in [6.45, 7) is 6.55. The molecule has 0 rings (SSSR count). The highest BCUT2D eigenvalue weighted by molar-refractivity contribution is 5.71. The Bertz CT molecular complexity index is 1520. The van der Waals surface area contributed by atoms with Crippen molar-refractivity contribution in [2.24, 2.45) is 0 Å². The first-order chi connectivity index (χ1) is 39.5. The lowest BCUT2D eigenvalue weighted by molar-refractivity contribution is -0.167. The summed E-state index contributed by atoms with van der Waals surface area (Å²) in [7, 11) is 0. The summed E-state index contributed by atoms with van der Waals surface area (Å²) >= 11 is 0. The van der Waals surface area contributed by atoms with Crippen LogP contribution in [-0.2, 0) is 28.6 Å². The van der Waals surface area contributed by atoms with Crippen LogP contribution in [0.25, 0.3) is 0 Å². The molecule has 1 atom stereocenters. The van der Waals surface area contributed by atoms with E-state index in [0.717, 1.165) is 109 Å². The molecule has 462 valence electrons. The molecule has 0 bridgehead atoms. The van der Waals surface area contributed by atoms with Gasteiger partial charge in [0.15, 0.2) is 6.10 Å². The largest absolute Gasteiger partial charge is 0.462 e. The second-order valence-electron chi connectivity index (χ2n) is 23.1. The Morgan fingerprint density at radius 3 is 0.762 bits per heavy atom. The van der Waals surface area contributed by atoms with E-state index in [1.165, 1.54) is 199 Å². The summed E-state index contributed by atoms with van der Waals surface area (Å²) in [6, 6.07) is 0. The average Bonchev–Trinajstić information content (AvgIpc) is 3.46. The van der Waals surface area contributed by atoms with Crippen molar-refractivity contribution in [1.82, 2.24) is 0 Å². The number of carbonyl (C=O) groups is 3. The lowest BCUT2D eigenvalue weighted by Gasteiger charge is -2.18. The second kappa shape index (κ2) is 68.1. The van der Waals surface area contributed by atoms with Crippen LogP contribution in [0.4, 0.5) is 0 Å². The van der Waals surface area contributed by atoms with E-state index in [4.69, 9.17) is 14.2 Å². The van der Waals surface area contributed by atoms with Gasteiger partial charge in [-0.1, -0.05) is 337 Å². The summed E-state index contributed by atoms with van der Waals surface area (Å²) in [5.41, 5.74) is 0. The molecule has 0 saturated heterocycles. The van der Waals surface area contributed by atoms with E-state index >= 15 is 0 Å². The summed E-state index contributed by atoms with van der Waals surface area (Å²) in [4.78, 5) is 38.3. The van der Waals surface area contributed by atoms with Crippen LogP contribution < -0.4 is 0 Å². The van der Waals surface area contributed by atoms with Crippen LogP contribution in [0.3, 0.4) is 0 Å². The Labute approximate surface area is 496 Å². The molecule has 6 nitrogen and oxygen atoms in total. The van der Waals surface area contributed by atoms with Crippen molar-refractivity contribution < 1.29 is 28.6 Å². The number of rotatable bonds is 63. The van der Waals surface area contributed by atoms with Gasteiger partial charge in [0.1, 0.15) is 13.2 Å². The molecular weight excluding hydrogens is 985 g/mol. The maximum atomic E-state index is 12.9. The van der Waals surface area contributed by atoms with Crippen LogP contribution in [-0.4, -0.2) is 37.2 Å². The number of allylic oxidation sites excluding steroid dienone is 14. The quantitative estimate of drug-likeness (QED) is 0.0261. The maximum absolute atomic E-state index is 12.9. The third kappa shape index (κ3) is 65.4. The van der Waals surface area contributed by atoms with Crippen LogP contribution in [0.1, 0.15) is 348 Å². The highest BCUT2D eigenvalue weighted by atomic mass is 16.6. The van der Waals surface area contributed by atoms with E-state index in [0.29, 0.717) is 19.3 Å². The van der Waals surface area contributed by atoms with E-state index in [-0.39, 0.29) is 31.1 Å². The molecule has 80 heavy (non-hydrogen) atoms. The van der Waals surface area contributed by atoms with Crippen LogP contribution in [0.15, 0.2) is 85.1 Å². The van der Waals surface area contributed by atoms with Crippen LogP contribution in [0.5, 0.6) is 0 Å². The molecule has 0 N–H and O–H groups in total. The van der Waals surface area contributed by atoms with Gasteiger partial charge in [0.05, 0.1) is 0 Å². The van der Waals surface area contributed by atoms with Gasteiger partial charge < -0.3 is 14.2 Å². The zero-order valence-corrected chi connectivity index (χ0v) is 53.1. The molecular formula is C74H130O6. The van der Waals surface area contributed by atoms with Crippen molar-refractivity contribution in [2.75, 3.05) is 13.2 Å². The monoisotopic (exact) mass is 1110 g/mol. The van der Waals surface area contributed by atoms with E-state index in [1.54, 1.807) is 0 Å². The van der Waals surface area contributed by atoms with Gasteiger partial charge in [0, 0.05) is 19.3 Å². The van der Waals surface area contributed by atoms with Crippen molar-refractivity contribution in [1.29, 1.82) is 0 Å². The standard InChI is InChI=1S/C74H130O6/c1-4-7-10-13-16-19-22-24-26-28-30-32-34-35-36-37-38-39-41-42-44-46-48-50-52-55-58-61-64-67-73(76)79-70-71(69-78-72(75)66-63-60-57-54-21-18-15-12-9-6-3)80-74(77)68-65-62-59-56-53-51-49-47-45-43-40-33-31-29-27-25-23-20-17-14-11-8-5-2/h7,10,16,19,24,26,30,32,35-36,38-39,42,44,71H,4-6,8-9,11-15,17-18,20-23,25,27-29,31,33-34,37,40-41,43,45-70H2,1-3H3/b10-7-,19-16-,26-24-,32-30-,36-35-,39-38-,44-42-. The second-order valence-corrected chi connectivity index (χ2v) is 23.1. The molecule has 0 fully saturated rings. The van der Waals surface area contributed by atoms with E-state index in [9.17, 15) is 14.4 Å². The highest BCUT2D eigenvalue weighted by Gasteiger charge is 2.19. The molecule has 0 aromatic heterocycles. The first kappa shape index (κ1) is 76.6. The third-order valence-electron chi connectivity index (χ3n) is 15.2. The number of hydrogen-bond donors (Lipinski definition) is 0. The predicted molar refractivity (Wildman–Crippen MR) is 348 cm³/mol. The Balaban J connectivity index is 4.23. The number of esters is 3. The normalized spacial score (nSPS) is 12.6. The van der Waals surface area contributed by atoms with Crippen molar-refractivity contribution >= 4 is 17.9 Å². The Morgan fingerprint density at radius 2 is 0.487 bits per heavy atom. The summed E-state index contributed by atoms with van der Waals surface area (Å²) < 4.78 is 16.9. The molecule has 0 aliphatic heterocycles. The summed E-state index contributed by atoms with van der Waals surface area (Å²) in [5, 5.41) is 0. The van der Waals surface area contributed by atoms with Gasteiger partial charge >= 0.3 is 17.9 Å². The van der Waals surface area contributed by atoms with Crippen LogP contribution in [0.2, 0.25) is 0 Å².